The van der Waals surface area contributed by atoms with Crippen molar-refractivity contribution >= 4 is 22.6 Å². The van der Waals surface area contributed by atoms with Crippen LogP contribution in [0.15, 0.2) is 97.1 Å². The lowest BCUT2D eigenvalue weighted by atomic mass is 10.0. The van der Waals surface area contributed by atoms with Crippen molar-refractivity contribution in [1.29, 1.82) is 0 Å². The summed E-state index contributed by atoms with van der Waals surface area (Å²) in [7, 11) is 0. The number of carbonyl (C=O) groups excluding carboxylic acids is 1. The summed E-state index contributed by atoms with van der Waals surface area (Å²) >= 11 is 0. The van der Waals surface area contributed by atoms with Crippen LogP contribution in [0.4, 0.5) is 0 Å². The van der Waals surface area contributed by atoms with E-state index >= 15 is 0 Å². The molecule has 0 saturated heterocycles. The van der Waals surface area contributed by atoms with E-state index in [2.05, 4.69) is 17.4 Å². The van der Waals surface area contributed by atoms with Gasteiger partial charge < -0.3 is 15.2 Å². The van der Waals surface area contributed by atoms with Crippen molar-refractivity contribution in [3.63, 3.8) is 0 Å². The second-order valence-electron chi connectivity index (χ2n) is 7.86. The number of rotatable bonds is 9. The molecule has 166 valence electrons. The largest absolute Gasteiger partial charge is 0.493 e. The predicted molar refractivity (Wildman–Crippen MR) is 129 cm³/mol. The smallest absolute Gasteiger partial charge is 0.326 e. The van der Waals surface area contributed by atoms with Gasteiger partial charge in [0.05, 0.1) is 6.61 Å². The third kappa shape index (κ3) is 5.98. The van der Waals surface area contributed by atoms with Crippen LogP contribution in [0.5, 0.6) is 5.75 Å². The number of hydrogen-bond donors (Lipinski definition) is 2. The second kappa shape index (κ2) is 10.5. The molecule has 0 bridgehead atoms. The standard InChI is InChI=1S/C28H25NO4/c30-27(29-26(28(31)32)17-21-9-5-2-6-10-21)24-12-11-23-19-25(14-13-22(23)18-24)33-16-15-20-7-3-1-4-8-20/h1-14,18-19,26H,15-17H2,(H,29,30)(H,31,32)/t26-/m0/s1. The number of hydrogen-bond acceptors (Lipinski definition) is 3. The highest BCUT2D eigenvalue weighted by atomic mass is 16.5. The third-order valence-electron chi connectivity index (χ3n) is 5.46. The normalized spacial score (nSPS) is 11.6. The zero-order valence-electron chi connectivity index (χ0n) is 18.1. The Kier molecular flexibility index (Phi) is 7.00. The molecule has 4 rings (SSSR count). The number of carboxylic acid groups (broad SMARTS) is 1. The van der Waals surface area contributed by atoms with Crippen LogP contribution in [0.1, 0.15) is 21.5 Å². The van der Waals surface area contributed by atoms with Crippen molar-refractivity contribution in [2.75, 3.05) is 6.61 Å². The molecule has 0 saturated carbocycles. The van der Waals surface area contributed by atoms with Gasteiger partial charge in [-0.25, -0.2) is 4.79 Å². The number of carboxylic acids is 1. The highest BCUT2D eigenvalue weighted by Crippen LogP contribution is 2.22. The maximum absolute atomic E-state index is 12.7. The molecule has 5 heteroatoms. The van der Waals surface area contributed by atoms with Crippen LogP contribution >= 0.6 is 0 Å². The van der Waals surface area contributed by atoms with Crippen molar-refractivity contribution in [3.05, 3.63) is 114 Å². The van der Waals surface area contributed by atoms with E-state index in [4.69, 9.17) is 4.74 Å². The summed E-state index contributed by atoms with van der Waals surface area (Å²) in [5, 5.41) is 14.0. The van der Waals surface area contributed by atoms with E-state index in [-0.39, 0.29) is 6.42 Å². The first kappa shape index (κ1) is 22.1. The summed E-state index contributed by atoms with van der Waals surface area (Å²) in [6.07, 6.45) is 1.05. The van der Waals surface area contributed by atoms with Crippen molar-refractivity contribution in [2.24, 2.45) is 0 Å². The Bertz CT molecular complexity index is 1240. The molecule has 0 aliphatic heterocycles. The second-order valence-corrected chi connectivity index (χ2v) is 7.86. The summed E-state index contributed by atoms with van der Waals surface area (Å²) in [6, 6.07) is 29.5. The van der Waals surface area contributed by atoms with E-state index in [9.17, 15) is 14.7 Å². The van der Waals surface area contributed by atoms with Crippen LogP contribution in [0.3, 0.4) is 0 Å². The molecule has 1 atom stereocenters. The molecule has 0 spiro atoms. The van der Waals surface area contributed by atoms with Gasteiger partial charge in [0.15, 0.2) is 0 Å². The monoisotopic (exact) mass is 439 g/mol. The van der Waals surface area contributed by atoms with Gasteiger partial charge in [0.1, 0.15) is 11.8 Å². The van der Waals surface area contributed by atoms with Crippen LogP contribution in [0.25, 0.3) is 10.8 Å². The molecule has 0 unspecified atom stereocenters. The Labute approximate surface area is 192 Å². The fraction of sp³-hybridized carbons (Fsp3) is 0.143. The maximum atomic E-state index is 12.7. The Balaban J connectivity index is 1.40. The van der Waals surface area contributed by atoms with Crippen LogP contribution in [0, 0.1) is 0 Å². The topological polar surface area (TPSA) is 75.6 Å². The van der Waals surface area contributed by atoms with E-state index in [0.717, 1.165) is 28.5 Å². The Morgan fingerprint density at radius 1 is 0.788 bits per heavy atom. The summed E-state index contributed by atoms with van der Waals surface area (Å²) in [5.74, 6) is -0.710. The van der Waals surface area contributed by atoms with E-state index in [1.54, 1.807) is 12.1 Å². The van der Waals surface area contributed by atoms with Gasteiger partial charge in [-0.2, -0.15) is 0 Å². The van der Waals surface area contributed by atoms with E-state index < -0.39 is 17.9 Å². The van der Waals surface area contributed by atoms with Crippen LogP contribution in [0.2, 0.25) is 0 Å². The number of carbonyl (C=O) groups is 2. The summed E-state index contributed by atoms with van der Waals surface area (Å²) in [5.41, 5.74) is 2.49. The molecule has 0 heterocycles. The zero-order chi connectivity index (χ0) is 23.0. The first-order valence-electron chi connectivity index (χ1n) is 10.9. The molecule has 0 fully saturated rings. The average molecular weight is 440 g/mol. The predicted octanol–water partition coefficient (Wildman–Crippen LogP) is 4.89. The molecule has 0 aliphatic carbocycles. The van der Waals surface area contributed by atoms with Crippen LogP contribution in [-0.2, 0) is 17.6 Å². The molecule has 4 aromatic carbocycles. The van der Waals surface area contributed by atoms with Gasteiger partial charge >= 0.3 is 5.97 Å². The molecule has 1 amide bonds. The van der Waals surface area contributed by atoms with Gasteiger partial charge in [0, 0.05) is 18.4 Å². The van der Waals surface area contributed by atoms with E-state index in [1.807, 2.05) is 72.8 Å². The number of fused-ring (bicyclic) bond motifs is 1. The number of nitrogens with one attached hydrogen (secondary N) is 1. The van der Waals surface area contributed by atoms with E-state index in [1.165, 1.54) is 5.56 Å². The number of aliphatic carboxylic acids is 1. The molecule has 4 aromatic rings. The minimum absolute atomic E-state index is 0.221. The first-order valence-corrected chi connectivity index (χ1v) is 10.9. The van der Waals surface area contributed by atoms with Crippen molar-refractivity contribution in [2.45, 2.75) is 18.9 Å². The van der Waals surface area contributed by atoms with Gasteiger partial charge in [-0.15, -0.1) is 0 Å². The lowest BCUT2D eigenvalue weighted by Crippen LogP contribution is -2.42. The van der Waals surface area contributed by atoms with Crippen molar-refractivity contribution in [3.8, 4) is 5.75 Å². The highest BCUT2D eigenvalue weighted by molar-refractivity contribution is 6.00. The lowest BCUT2D eigenvalue weighted by Gasteiger charge is -2.15. The molecule has 0 aliphatic rings. The van der Waals surface area contributed by atoms with Gasteiger partial charge in [-0.1, -0.05) is 72.8 Å². The fourth-order valence-electron chi connectivity index (χ4n) is 3.68. The zero-order valence-corrected chi connectivity index (χ0v) is 18.1. The van der Waals surface area contributed by atoms with Crippen molar-refractivity contribution < 1.29 is 19.4 Å². The quantitative estimate of drug-likeness (QED) is 0.389. The maximum Gasteiger partial charge on any atom is 0.326 e. The molecular weight excluding hydrogens is 414 g/mol. The molecule has 0 aromatic heterocycles. The Hall–Kier alpha value is -4.12. The molecule has 5 nitrogen and oxygen atoms in total. The van der Waals surface area contributed by atoms with Gasteiger partial charge in [0.2, 0.25) is 0 Å². The Morgan fingerprint density at radius 2 is 1.42 bits per heavy atom. The summed E-state index contributed by atoms with van der Waals surface area (Å²) < 4.78 is 5.89. The van der Waals surface area contributed by atoms with E-state index in [0.29, 0.717) is 12.2 Å². The van der Waals surface area contributed by atoms with Crippen LogP contribution < -0.4 is 10.1 Å². The fourth-order valence-corrected chi connectivity index (χ4v) is 3.68. The molecule has 2 N–H and O–H groups in total. The molecular formula is C28H25NO4. The van der Waals surface area contributed by atoms with Crippen LogP contribution in [-0.4, -0.2) is 29.6 Å². The number of benzene rings is 4. The average Bonchev–Trinajstić information content (AvgIpc) is 2.84. The highest BCUT2D eigenvalue weighted by Gasteiger charge is 2.21. The van der Waals surface area contributed by atoms with Crippen molar-refractivity contribution in [1.82, 2.24) is 5.32 Å². The minimum atomic E-state index is -1.06. The first-order chi connectivity index (χ1) is 16.1. The number of amides is 1. The summed E-state index contributed by atoms with van der Waals surface area (Å²) in [4.78, 5) is 24.4. The number of ether oxygens (including phenoxy) is 1. The van der Waals surface area contributed by atoms with Gasteiger partial charge in [0.25, 0.3) is 5.91 Å². The summed E-state index contributed by atoms with van der Waals surface area (Å²) in [6.45, 7) is 0.577. The SMILES string of the molecule is O=C(N[C@@H](Cc1ccccc1)C(=O)O)c1ccc2cc(OCCc3ccccc3)ccc2c1. The van der Waals surface area contributed by atoms with Gasteiger partial charge in [-0.3, -0.25) is 4.79 Å². The molecule has 0 radical (unpaired) electrons. The molecule has 33 heavy (non-hydrogen) atoms. The third-order valence-corrected chi connectivity index (χ3v) is 5.46. The minimum Gasteiger partial charge on any atom is -0.493 e. The lowest BCUT2D eigenvalue weighted by molar-refractivity contribution is -0.139. The Morgan fingerprint density at radius 3 is 2.12 bits per heavy atom. The van der Waals surface area contributed by atoms with Gasteiger partial charge in [-0.05, 0) is 46.2 Å².